The molecule has 27 heavy (non-hydrogen) atoms. The third-order valence-corrected chi connectivity index (χ3v) is 4.58. The summed E-state index contributed by atoms with van der Waals surface area (Å²) in [5.74, 6) is 0.156. The molecule has 144 valence electrons. The van der Waals surface area contributed by atoms with Crippen LogP contribution in [0.15, 0.2) is 48.5 Å². The number of rotatable bonds is 7. The maximum absolute atomic E-state index is 12.9. The maximum Gasteiger partial charge on any atom is 0.251 e. The fraction of sp³-hybridized carbons (Fsp3) is 0.350. The van der Waals surface area contributed by atoms with Crippen LogP contribution in [-0.2, 0) is 11.3 Å². The lowest BCUT2D eigenvalue weighted by molar-refractivity contribution is 0.0398. The normalized spacial score (nSPS) is 21.8. The zero-order valence-electron chi connectivity index (χ0n) is 15.0. The number of hydrogen-bond acceptors (Lipinski definition) is 5. The molecule has 0 saturated carbocycles. The minimum atomic E-state index is -0.749. The van der Waals surface area contributed by atoms with E-state index < -0.39 is 12.2 Å². The molecule has 0 radical (unpaired) electrons. The van der Waals surface area contributed by atoms with Gasteiger partial charge >= 0.3 is 0 Å². The lowest BCUT2D eigenvalue weighted by atomic mass is 10.1. The van der Waals surface area contributed by atoms with Crippen molar-refractivity contribution in [2.75, 3.05) is 20.3 Å². The number of benzene rings is 2. The summed E-state index contributed by atoms with van der Waals surface area (Å²) in [5.41, 5.74) is 1.43. The fourth-order valence-corrected chi connectivity index (χ4v) is 2.93. The van der Waals surface area contributed by atoms with E-state index in [1.54, 1.807) is 43.5 Å². The summed E-state index contributed by atoms with van der Waals surface area (Å²) >= 11 is 0. The summed E-state index contributed by atoms with van der Waals surface area (Å²) in [6, 6.07) is 12.7. The van der Waals surface area contributed by atoms with Crippen LogP contribution >= 0.6 is 0 Å². The van der Waals surface area contributed by atoms with Crippen LogP contribution in [0.25, 0.3) is 0 Å². The highest BCUT2D eigenvalue weighted by Crippen LogP contribution is 2.16. The summed E-state index contributed by atoms with van der Waals surface area (Å²) in [7, 11) is 1.56. The standard InChI is InChI=1S/C20H23FN2O4/c1-26-16-8-4-14(5-9-16)20(25)23-11-18-19(24)17(12-27-18)22-10-13-2-6-15(21)7-3-13/h2-9,17-19,22,24H,10-12H2,1H3,(H,23,25)/t17-,18-,19+/m1/s1. The molecule has 1 heterocycles. The van der Waals surface area contributed by atoms with E-state index in [-0.39, 0.29) is 24.3 Å². The van der Waals surface area contributed by atoms with Gasteiger partial charge in [0.15, 0.2) is 0 Å². The van der Waals surface area contributed by atoms with Crippen molar-refractivity contribution in [3.05, 3.63) is 65.5 Å². The van der Waals surface area contributed by atoms with Crippen LogP contribution in [0.3, 0.4) is 0 Å². The number of aliphatic hydroxyl groups is 1. The highest BCUT2D eigenvalue weighted by molar-refractivity contribution is 5.94. The number of nitrogens with one attached hydrogen (secondary N) is 2. The second kappa shape index (κ2) is 8.94. The van der Waals surface area contributed by atoms with Crippen LogP contribution in [0.4, 0.5) is 4.39 Å². The van der Waals surface area contributed by atoms with Gasteiger partial charge in [0.1, 0.15) is 17.7 Å². The molecule has 2 aromatic rings. The lowest BCUT2D eigenvalue weighted by Gasteiger charge is -2.19. The van der Waals surface area contributed by atoms with Crippen molar-refractivity contribution in [1.29, 1.82) is 0 Å². The van der Waals surface area contributed by atoms with Crippen molar-refractivity contribution in [3.8, 4) is 5.75 Å². The first kappa shape index (κ1) is 19.3. The van der Waals surface area contributed by atoms with Gasteiger partial charge in [0.2, 0.25) is 0 Å². The average Bonchev–Trinajstić information content (AvgIpc) is 3.05. The van der Waals surface area contributed by atoms with E-state index in [9.17, 15) is 14.3 Å². The molecule has 3 atom stereocenters. The predicted molar refractivity (Wildman–Crippen MR) is 98.1 cm³/mol. The molecule has 1 aliphatic heterocycles. The van der Waals surface area contributed by atoms with Gasteiger partial charge in [-0.05, 0) is 42.0 Å². The number of amides is 1. The first-order valence-corrected chi connectivity index (χ1v) is 8.76. The minimum absolute atomic E-state index is 0.209. The molecule has 0 aliphatic carbocycles. The summed E-state index contributed by atoms with van der Waals surface area (Å²) in [4.78, 5) is 12.2. The molecular formula is C20H23FN2O4. The molecule has 7 heteroatoms. The number of ether oxygens (including phenoxy) is 2. The minimum Gasteiger partial charge on any atom is -0.497 e. The topological polar surface area (TPSA) is 79.8 Å². The Kier molecular flexibility index (Phi) is 6.39. The van der Waals surface area contributed by atoms with Gasteiger partial charge in [-0.25, -0.2) is 4.39 Å². The van der Waals surface area contributed by atoms with Gasteiger partial charge in [-0.15, -0.1) is 0 Å². The molecule has 2 aromatic carbocycles. The summed E-state index contributed by atoms with van der Waals surface area (Å²) < 4.78 is 23.6. The second-order valence-electron chi connectivity index (χ2n) is 6.41. The van der Waals surface area contributed by atoms with Gasteiger partial charge < -0.3 is 25.2 Å². The van der Waals surface area contributed by atoms with Crippen molar-refractivity contribution in [2.24, 2.45) is 0 Å². The summed E-state index contributed by atoms with van der Waals surface area (Å²) in [6.07, 6.45) is -1.24. The number of methoxy groups -OCH3 is 1. The van der Waals surface area contributed by atoms with Crippen LogP contribution in [0.2, 0.25) is 0 Å². The number of halogens is 1. The third kappa shape index (κ3) is 5.03. The van der Waals surface area contributed by atoms with E-state index in [0.717, 1.165) is 5.56 Å². The van der Waals surface area contributed by atoms with E-state index >= 15 is 0 Å². The molecule has 1 aliphatic rings. The molecular weight excluding hydrogens is 351 g/mol. The predicted octanol–water partition coefficient (Wildman–Crippen LogP) is 1.48. The monoisotopic (exact) mass is 374 g/mol. The van der Waals surface area contributed by atoms with Gasteiger partial charge in [0.05, 0.1) is 25.9 Å². The summed E-state index contributed by atoms with van der Waals surface area (Å²) in [5, 5.41) is 16.4. The van der Waals surface area contributed by atoms with Crippen LogP contribution in [0.5, 0.6) is 5.75 Å². The smallest absolute Gasteiger partial charge is 0.251 e. The van der Waals surface area contributed by atoms with E-state index in [1.165, 1.54) is 12.1 Å². The molecule has 3 N–H and O–H groups in total. The Morgan fingerprint density at radius 2 is 1.93 bits per heavy atom. The van der Waals surface area contributed by atoms with Crippen LogP contribution in [-0.4, -0.2) is 49.5 Å². The maximum atomic E-state index is 12.9. The Hall–Kier alpha value is -2.48. The Morgan fingerprint density at radius 1 is 1.22 bits per heavy atom. The van der Waals surface area contributed by atoms with Gasteiger partial charge in [0.25, 0.3) is 5.91 Å². The van der Waals surface area contributed by atoms with E-state index in [0.29, 0.717) is 24.5 Å². The molecule has 0 aromatic heterocycles. The largest absolute Gasteiger partial charge is 0.497 e. The Bertz CT molecular complexity index is 752. The SMILES string of the molecule is COc1ccc(C(=O)NC[C@H]2OC[C@@H](NCc3ccc(F)cc3)[C@@H]2O)cc1. The highest BCUT2D eigenvalue weighted by atomic mass is 19.1. The highest BCUT2D eigenvalue weighted by Gasteiger charge is 2.35. The molecule has 1 fully saturated rings. The molecule has 0 spiro atoms. The molecule has 1 saturated heterocycles. The van der Waals surface area contributed by atoms with E-state index in [2.05, 4.69) is 10.6 Å². The van der Waals surface area contributed by atoms with Crippen molar-refractivity contribution < 1.29 is 23.8 Å². The van der Waals surface area contributed by atoms with Gasteiger partial charge in [-0.1, -0.05) is 12.1 Å². The van der Waals surface area contributed by atoms with Crippen LogP contribution in [0.1, 0.15) is 15.9 Å². The molecule has 0 unspecified atom stereocenters. The quantitative estimate of drug-likeness (QED) is 0.684. The third-order valence-electron chi connectivity index (χ3n) is 4.58. The van der Waals surface area contributed by atoms with Crippen molar-refractivity contribution in [3.63, 3.8) is 0 Å². The molecule has 1 amide bonds. The molecule has 6 nitrogen and oxygen atoms in total. The molecule has 0 bridgehead atoms. The van der Waals surface area contributed by atoms with Crippen molar-refractivity contribution in [2.45, 2.75) is 24.8 Å². The van der Waals surface area contributed by atoms with Crippen LogP contribution in [0, 0.1) is 5.82 Å². The fourth-order valence-electron chi connectivity index (χ4n) is 2.93. The number of hydrogen-bond donors (Lipinski definition) is 3. The Labute approximate surface area is 157 Å². The Morgan fingerprint density at radius 3 is 2.59 bits per heavy atom. The van der Waals surface area contributed by atoms with Crippen LogP contribution < -0.4 is 15.4 Å². The zero-order valence-corrected chi connectivity index (χ0v) is 15.0. The number of aliphatic hydroxyl groups excluding tert-OH is 1. The van der Waals surface area contributed by atoms with Gasteiger partial charge in [-0.3, -0.25) is 4.79 Å². The lowest BCUT2D eigenvalue weighted by Crippen LogP contribution is -2.44. The van der Waals surface area contributed by atoms with Crippen molar-refractivity contribution in [1.82, 2.24) is 10.6 Å². The average molecular weight is 374 g/mol. The first-order chi connectivity index (χ1) is 13.1. The van der Waals surface area contributed by atoms with Gasteiger partial charge in [0, 0.05) is 18.7 Å². The van der Waals surface area contributed by atoms with Gasteiger partial charge in [-0.2, -0.15) is 0 Å². The zero-order chi connectivity index (χ0) is 19.2. The number of carbonyl (C=O) groups is 1. The molecule has 3 rings (SSSR count). The Balaban J connectivity index is 1.45. The van der Waals surface area contributed by atoms with E-state index in [1.807, 2.05) is 0 Å². The second-order valence-corrected chi connectivity index (χ2v) is 6.41. The number of carbonyl (C=O) groups excluding carboxylic acids is 1. The van der Waals surface area contributed by atoms with Crippen molar-refractivity contribution >= 4 is 5.91 Å². The van der Waals surface area contributed by atoms with E-state index in [4.69, 9.17) is 9.47 Å². The summed E-state index contributed by atoms with van der Waals surface area (Å²) in [6.45, 7) is 1.04. The first-order valence-electron chi connectivity index (χ1n) is 8.76.